The molecule has 0 aliphatic carbocycles. The van der Waals surface area contributed by atoms with Gasteiger partial charge in [0.25, 0.3) is 21.8 Å². The van der Waals surface area contributed by atoms with Crippen molar-refractivity contribution in [3.8, 4) is 0 Å². The molecule has 0 saturated carbocycles. The Labute approximate surface area is 170 Å². The standard InChI is InChI=1S/C18H18BrN3O5S/c19-13-5-9-15(10-6-13)28(25,26)22-14-7-3-12(4-8-14)17(23)20-21-18(24)16-2-1-11-27-16/h3-10,16,22H,1-2,11H2,(H,20,23)(H,21,24)/t16-/m0/s1. The van der Waals surface area contributed by atoms with Gasteiger partial charge in [-0.25, -0.2) is 8.42 Å². The molecule has 1 aliphatic rings. The van der Waals surface area contributed by atoms with Crippen LogP contribution >= 0.6 is 15.9 Å². The number of anilines is 1. The fraction of sp³-hybridized carbons (Fsp3) is 0.222. The second-order valence-electron chi connectivity index (χ2n) is 6.08. The molecule has 28 heavy (non-hydrogen) atoms. The first kappa shape index (κ1) is 20.3. The van der Waals surface area contributed by atoms with Gasteiger partial charge in [0.15, 0.2) is 0 Å². The number of hydrogen-bond donors (Lipinski definition) is 3. The van der Waals surface area contributed by atoms with Gasteiger partial charge in [-0.05, 0) is 61.4 Å². The lowest BCUT2D eigenvalue weighted by Crippen LogP contribution is -2.46. The largest absolute Gasteiger partial charge is 0.368 e. The Balaban J connectivity index is 1.58. The van der Waals surface area contributed by atoms with E-state index in [4.69, 9.17) is 4.74 Å². The summed E-state index contributed by atoms with van der Waals surface area (Å²) in [6.07, 6.45) is 0.883. The highest BCUT2D eigenvalue weighted by Crippen LogP contribution is 2.19. The van der Waals surface area contributed by atoms with Gasteiger partial charge in [0.05, 0.1) is 4.90 Å². The van der Waals surface area contributed by atoms with Crippen LogP contribution < -0.4 is 15.6 Å². The Morgan fingerprint density at radius 2 is 1.68 bits per heavy atom. The van der Waals surface area contributed by atoms with Crippen molar-refractivity contribution in [2.75, 3.05) is 11.3 Å². The van der Waals surface area contributed by atoms with Crippen molar-refractivity contribution in [3.63, 3.8) is 0 Å². The zero-order valence-electron chi connectivity index (χ0n) is 14.6. The van der Waals surface area contributed by atoms with Crippen LogP contribution in [0.25, 0.3) is 0 Å². The number of ether oxygens (including phenoxy) is 1. The Bertz CT molecular complexity index is 956. The number of hydrazine groups is 1. The minimum Gasteiger partial charge on any atom is -0.368 e. The molecule has 10 heteroatoms. The molecule has 148 valence electrons. The third-order valence-corrected chi connectivity index (χ3v) is 5.97. The highest BCUT2D eigenvalue weighted by Gasteiger charge is 2.23. The van der Waals surface area contributed by atoms with E-state index in [9.17, 15) is 18.0 Å². The SMILES string of the molecule is O=C(NNC(=O)[C@@H]1CCCO1)c1ccc(NS(=O)(=O)c2ccc(Br)cc2)cc1. The molecule has 1 aliphatic heterocycles. The Kier molecular flexibility index (Phi) is 6.32. The van der Waals surface area contributed by atoms with Crippen molar-refractivity contribution in [1.29, 1.82) is 0 Å². The van der Waals surface area contributed by atoms with Gasteiger partial charge in [-0.3, -0.25) is 25.2 Å². The predicted molar refractivity (Wildman–Crippen MR) is 106 cm³/mol. The van der Waals surface area contributed by atoms with Gasteiger partial charge in [0.1, 0.15) is 6.10 Å². The van der Waals surface area contributed by atoms with Gasteiger partial charge in [-0.2, -0.15) is 0 Å². The van der Waals surface area contributed by atoms with Crippen molar-refractivity contribution >= 4 is 43.5 Å². The monoisotopic (exact) mass is 467 g/mol. The van der Waals surface area contributed by atoms with E-state index in [2.05, 4.69) is 31.5 Å². The maximum atomic E-state index is 12.4. The van der Waals surface area contributed by atoms with Gasteiger partial charge >= 0.3 is 0 Å². The van der Waals surface area contributed by atoms with Crippen molar-refractivity contribution in [3.05, 3.63) is 58.6 Å². The molecule has 0 aromatic heterocycles. The Morgan fingerprint density at radius 1 is 1.00 bits per heavy atom. The molecule has 1 saturated heterocycles. The predicted octanol–water partition coefficient (Wildman–Crippen LogP) is 2.19. The number of rotatable bonds is 5. The van der Waals surface area contributed by atoms with Crippen LogP contribution in [-0.2, 0) is 19.6 Å². The van der Waals surface area contributed by atoms with Crippen LogP contribution in [0.2, 0.25) is 0 Å². The molecule has 2 aromatic carbocycles. The molecule has 0 spiro atoms. The molecule has 1 atom stereocenters. The summed E-state index contributed by atoms with van der Waals surface area (Å²) in [6, 6.07) is 12.1. The molecule has 2 aromatic rings. The first-order valence-corrected chi connectivity index (χ1v) is 10.7. The van der Waals surface area contributed by atoms with Crippen LogP contribution in [0, 0.1) is 0 Å². The van der Waals surface area contributed by atoms with Crippen LogP contribution in [0.3, 0.4) is 0 Å². The average molecular weight is 468 g/mol. The summed E-state index contributed by atoms with van der Waals surface area (Å²) in [5.41, 5.74) is 5.21. The van der Waals surface area contributed by atoms with Gasteiger partial charge < -0.3 is 4.74 Å². The summed E-state index contributed by atoms with van der Waals surface area (Å²) in [5.74, 6) is -0.918. The third-order valence-electron chi connectivity index (χ3n) is 4.04. The second kappa shape index (κ2) is 8.72. The van der Waals surface area contributed by atoms with Crippen molar-refractivity contribution in [1.82, 2.24) is 10.9 Å². The Hall–Kier alpha value is -2.43. The first-order valence-electron chi connectivity index (χ1n) is 8.45. The van der Waals surface area contributed by atoms with E-state index in [-0.39, 0.29) is 10.5 Å². The molecular weight excluding hydrogens is 450 g/mol. The van der Waals surface area contributed by atoms with E-state index >= 15 is 0 Å². The molecule has 3 N–H and O–H groups in total. The van der Waals surface area contributed by atoms with Gasteiger partial charge in [0.2, 0.25) is 0 Å². The van der Waals surface area contributed by atoms with Crippen molar-refractivity contribution < 1.29 is 22.7 Å². The number of hydrogen-bond acceptors (Lipinski definition) is 5. The summed E-state index contributed by atoms with van der Waals surface area (Å²) in [6.45, 7) is 0.531. The minimum absolute atomic E-state index is 0.120. The fourth-order valence-corrected chi connectivity index (χ4v) is 3.90. The number of nitrogens with one attached hydrogen (secondary N) is 3. The summed E-state index contributed by atoms with van der Waals surface area (Å²) in [5, 5.41) is 0. The maximum Gasteiger partial charge on any atom is 0.269 e. The van der Waals surface area contributed by atoms with Crippen molar-refractivity contribution in [2.45, 2.75) is 23.8 Å². The highest BCUT2D eigenvalue weighted by molar-refractivity contribution is 9.10. The first-order chi connectivity index (χ1) is 13.3. The quantitative estimate of drug-likeness (QED) is 0.583. The molecule has 1 heterocycles. The molecule has 3 rings (SSSR count). The van der Waals surface area contributed by atoms with E-state index in [1.807, 2.05) is 0 Å². The molecular formula is C18H18BrN3O5S. The highest BCUT2D eigenvalue weighted by atomic mass is 79.9. The summed E-state index contributed by atoms with van der Waals surface area (Å²) in [7, 11) is -3.74. The molecule has 0 radical (unpaired) electrons. The normalized spacial score (nSPS) is 16.4. The van der Waals surface area contributed by atoms with Crippen LogP contribution in [0.4, 0.5) is 5.69 Å². The van der Waals surface area contributed by atoms with Gasteiger partial charge in [0, 0.05) is 22.3 Å². The maximum absolute atomic E-state index is 12.4. The number of carbonyl (C=O) groups is 2. The van der Waals surface area contributed by atoms with Crippen LogP contribution in [0.15, 0.2) is 57.9 Å². The topological polar surface area (TPSA) is 114 Å². The lowest BCUT2D eigenvalue weighted by Gasteiger charge is -2.12. The Morgan fingerprint density at radius 3 is 2.29 bits per heavy atom. The molecule has 8 nitrogen and oxygen atoms in total. The van der Waals surface area contributed by atoms with Crippen LogP contribution in [-0.4, -0.2) is 32.9 Å². The van der Waals surface area contributed by atoms with Crippen LogP contribution in [0.1, 0.15) is 23.2 Å². The fourth-order valence-electron chi connectivity index (χ4n) is 2.57. The van der Waals surface area contributed by atoms with Crippen molar-refractivity contribution in [2.24, 2.45) is 0 Å². The van der Waals surface area contributed by atoms with E-state index < -0.39 is 27.9 Å². The minimum atomic E-state index is -3.74. The van der Waals surface area contributed by atoms with Gasteiger partial charge in [-0.1, -0.05) is 15.9 Å². The van der Waals surface area contributed by atoms with Crippen LogP contribution in [0.5, 0.6) is 0 Å². The lowest BCUT2D eigenvalue weighted by molar-refractivity contribution is -0.130. The number of benzene rings is 2. The lowest BCUT2D eigenvalue weighted by atomic mass is 10.2. The smallest absolute Gasteiger partial charge is 0.269 e. The summed E-state index contributed by atoms with van der Waals surface area (Å²) in [4.78, 5) is 24.0. The molecule has 1 fully saturated rings. The van der Waals surface area contributed by atoms with E-state index in [1.54, 1.807) is 12.1 Å². The zero-order valence-corrected chi connectivity index (χ0v) is 17.0. The third kappa shape index (κ3) is 5.09. The number of sulfonamides is 1. The average Bonchev–Trinajstić information content (AvgIpc) is 3.21. The number of halogens is 1. The molecule has 0 unspecified atom stereocenters. The number of amides is 2. The summed E-state index contributed by atoms with van der Waals surface area (Å²) < 4.78 is 33.2. The second-order valence-corrected chi connectivity index (χ2v) is 8.68. The van der Waals surface area contributed by atoms with E-state index in [0.29, 0.717) is 18.7 Å². The van der Waals surface area contributed by atoms with Gasteiger partial charge in [-0.15, -0.1) is 0 Å². The molecule has 0 bridgehead atoms. The van der Waals surface area contributed by atoms with E-state index in [1.165, 1.54) is 36.4 Å². The summed E-state index contributed by atoms with van der Waals surface area (Å²) >= 11 is 3.25. The molecule has 2 amide bonds. The zero-order chi connectivity index (χ0) is 20.1. The number of carbonyl (C=O) groups excluding carboxylic acids is 2. The van der Waals surface area contributed by atoms with E-state index in [0.717, 1.165) is 10.9 Å².